The minimum absolute atomic E-state index is 0.00755. The van der Waals surface area contributed by atoms with E-state index < -0.39 is 0 Å². The van der Waals surface area contributed by atoms with Crippen molar-refractivity contribution in [3.63, 3.8) is 0 Å². The zero-order valence-electron chi connectivity index (χ0n) is 10.5. The van der Waals surface area contributed by atoms with E-state index in [9.17, 15) is 9.59 Å². The van der Waals surface area contributed by atoms with E-state index in [0.717, 1.165) is 22.9 Å². The standard InChI is InChI=1S/C14H16N2O2/c1-3-4-13(17)15-10-5-6-11-9(2)7-14(18)16-12(11)8-10/h5-8H,3-4H2,1-2H3,(H,15,17)(H,16,18). The summed E-state index contributed by atoms with van der Waals surface area (Å²) in [6.07, 6.45) is 1.32. The van der Waals surface area contributed by atoms with Crippen LogP contribution in [0, 0.1) is 6.92 Å². The average molecular weight is 244 g/mol. The van der Waals surface area contributed by atoms with Gasteiger partial charge in [-0.3, -0.25) is 9.59 Å². The molecule has 0 atom stereocenters. The Bertz CT molecular complexity index is 644. The molecule has 1 aromatic heterocycles. The number of aromatic amines is 1. The maximum Gasteiger partial charge on any atom is 0.248 e. The highest BCUT2D eigenvalue weighted by molar-refractivity contribution is 5.93. The van der Waals surface area contributed by atoms with Gasteiger partial charge < -0.3 is 10.3 Å². The van der Waals surface area contributed by atoms with E-state index in [4.69, 9.17) is 0 Å². The number of H-pyrrole nitrogens is 1. The average Bonchev–Trinajstić information content (AvgIpc) is 2.28. The number of rotatable bonds is 3. The van der Waals surface area contributed by atoms with Gasteiger partial charge in [-0.25, -0.2) is 0 Å². The summed E-state index contributed by atoms with van der Waals surface area (Å²) in [5.74, 6) is -0.00755. The minimum atomic E-state index is -0.128. The van der Waals surface area contributed by atoms with Gasteiger partial charge in [0.05, 0.1) is 5.52 Å². The molecular weight excluding hydrogens is 228 g/mol. The molecule has 0 aliphatic rings. The summed E-state index contributed by atoms with van der Waals surface area (Å²) in [4.78, 5) is 25.7. The fourth-order valence-electron chi connectivity index (χ4n) is 1.96. The van der Waals surface area contributed by atoms with Crippen LogP contribution in [0.5, 0.6) is 0 Å². The van der Waals surface area contributed by atoms with E-state index in [1.165, 1.54) is 0 Å². The number of carbonyl (C=O) groups is 1. The molecule has 1 aromatic carbocycles. The number of benzene rings is 1. The van der Waals surface area contributed by atoms with Crippen molar-refractivity contribution in [3.05, 3.63) is 40.2 Å². The number of fused-ring (bicyclic) bond motifs is 1. The first-order chi connectivity index (χ1) is 8.60. The molecule has 0 radical (unpaired) electrons. The maximum atomic E-state index is 11.5. The van der Waals surface area contributed by atoms with Crippen LogP contribution in [0.2, 0.25) is 0 Å². The molecule has 0 bridgehead atoms. The van der Waals surface area contributed by atoms with E-state index >= 15 is 0 Å². The summed E-state index contributed by atoms with van der Waals surface area (Å²) in [5.41, 5.74) is 2.26. The third kappa shape index (κ3) is 2.59. The van der Waals surface area contributed by atoms with Gasteiger partial charge in [-0.1, -0.05) is 13.0 Å². The topological polar surface area (TPSA) is 62.0 Å². The largest absolute Gasteiger partial charge is 0.326 e. The van der Waals surface area contributed by atoms with Crippen LogP contribution in [0.25, 0.3) is 10.9 Å². The summed E-state index contributed by atoms with van der Waals surface area (Å²) in [7, 11) is 0. The molecular formula is C14H16N2O2. The monoisotopic (exact) mass is 244 g/mol. The summed E-state index contributed by atoms with van der Waals surface area (Å²) in [6.45, 7) is 3.85. The Morgan fingerprint density at radius 2 is 2.11 bits per heavy atom. The van der Waals surface area contributed by atoms with Gasteiger partial charge in [-0.2, -0.15) is 0 Å². The van der Waals surface area contributed by atoms with E-state index in [0.29, 0.717) is 12.1 Å². The van der Waals surface area contributed by atoms with Crippen molar-refractivity contribution in [3.8, 4) is 0 Å². The van der Waals surface area contributed by atoms with Gasteiger partial charge >= 0.3 is 0 Å². The second-order valence-electron chi connectivity index (χ2n) is 4.38. The van der Waals surface area contributed by atoms with Gasteiger partial charge in [-0.15, -0.1) is 0 Å². The number of aromatic nitrogens is 1. The molecule has 1 amide bonds. The normalized spacial score (nSPS) is 10.6. The Hall–Kier alpha value is -2.10. The first-order valence-corrected chi connectivity index (χ1v) is 6.03. The molecule has 0 saturated heterocycles. The first-order valence-electron chi connectivity index (χ1n) is 6.03. The molecule has 2 rings (SSSR count). The number of pyridine rings is 1. The molecule has 4 heteroatoms. The van der Waals surface area contributed by atoms with Crippen LogP contribution in [-0.4, -0.2) is 10.9 Å². The highest BCUT2D eigenvalue weighted by Gasteiger charge is 2.04. The van der Waals surface area contributed by atoms with E-state index in [-0.39, 0.29) is 11.5 Å². The molecule has 4 nitrogen and oxygen atoms in total. The first kappa shape index (κ1) is 12.4. The lowest BCUT2D eigenvalue weighted by atomic mass is 10.1. The van der Waals surface area contributed by atoms with Gasteiger partial charge in [0, 0.05) is 23.6 Å². The Labute approximate surface area is 105 Å². The Balaban J connectivity index is 2.38. The van der Waals surface area contributed by atoms with Gasteiger partial charge in [0.2, 0.25) is 11.5 Å². The van der Waals surface area contributed by atoms with E-state index in [2.05, 4.69) is 10.3 Å². The number of carbonyl (C=O) groups excluding carboxylic acids is 1. The fraction of sp³-hybridized carbons (Fsp3) is 0.286. The smallest absolute Gasteiger partial charge is 0.248 e. The lowest BCUT2D eigenvalue weighted by Gasteiger charge is -2.07. The van der Waals surface area contributed by atoms with E-state index in [1.807, 2.05) is 26.0 Å². The molecule has 0 saturated carbocycles. The van der Waals surface area contributed by atoms with Crippen LogP contribution in [-0.2, 0) is 4.79 Å². The van der Waals surface area contributed by atoms with Crippen LogP contribution in [0.4, 0.5) is 5.69 Å². The van der Waals surface area contributed by atoms with Crippen molar-refractivity contribution >= 4 is 22.5 Å². The number of nitrogens with one attached hydrogen (secondary N) is 2. The second-order valence-corrected chi connectivity index (χ2v) is 4.38. The number of amides is 1. The number of aryl methyl sites for hydroxylation is 1. The predicted octanol–water partition coefficient (Wildman–Crippen LogP) is 2.58. The summed E-state index contributed by atoms with van der Waals surface area (Å²) in [6, 6.07) is 7.11. The lowest BCUT2D eigenvalue weighted by Crippen LogP contribution is -2.11. The zero-order valence-corrected chi connectivity index (χ0v) is 10.5. The Morgan fingerprint density at radius 1 is 1.33 bits per heavy atom. The molecule has 18 heavy (non-hydrogen) atoms. The second kappa shape index (κ2) is 5.04. The third-order valence-corrected chi connectivity index (χ3v) is 2.81. The fourth-order valence-corrected chi connectivity index (χ4v) is 1.96. The zero-order chi connectivity index (χ0) is 13.1. The van der Waals surface area contributed by atoms with Crippen LogP contribution in [0.15, 0.2) is 29.1 Å². The molecule has 1 heterocycles. The third-order valence-electron chi connectivity index (χ3n) is 2.81. The van der Waals surface area contributed by atoms with Gasteiger partial charge in [0.25, 0.3) is 0 Å². The Kier molecular flexibility index (Phi) is 3.46. The SMILES string of the molecule is CCCC(=O)Nc1ccc2c(C)cc(=O)[nH]c2c1. The van der Waals surface area contributed by atoms with Crippen LogP contribution in [0.3, 0.4) is 0 Å². The number of hydrogen-bond acceptors (Lipinski definition) is 2. The molecule has 94 valence electrons. The highest BCUT2D eigenvalue weighted by Crippen LogP contribution is 2.19. The molecule has 2 aromatic rings. The quantitative estimate of drug-likeness (QED) is 0.871. The number of hydrogen-bond donors (Lipinski definition) is 2. The number of anilines is 1. The van der Waals surface area contributed by atoms with Crippen LogP contribution in [0.1, 0.15) is 25.3 Å². The summed E-state index contributed by atoms with van der Waals surface area (Å²) in [5, 5.41) is 3.80. The lowest BCUT2D eigenvalue weighted by molar-refractivity contribution is -0.116. The molecule has 0 unspecified atom stereocenters. The van der Waals surface area contributed by atoms with Crippen LogP contribution < -0.4 is 10.9 Å². The van der Waals surface area contributed by atoms with Crippen molar-refractivity contribution in [2.45, 2.75) is 26.7 Å². The molecule has 0 spiro atoms. The predicted molar refractivity (Wildman–Crippen MR) is 72.8 cm³/mol. The summed E-state index contributed by atoms with van der Waals surface area (Å²) >= 11 is 0. The summed E-state index contributed by atoms with van der Waals surface area (Å²) < 4.78 is 0. The van der Waals surface area contributed by atoms with Crippen molar-refractivity contribution in [1.29, 1.82) is 0 Å². The minimum Gasteiger partial charge on any atom is -0.326 e. The van der Waals surface area contributed by atoms with Crippen molar-refractivity contribution in [2.75, 3.05) is 5.32 Å². The van der Waals surface area contributed by atoms with Gasteiger partial charge in [-0.05, 0) is 31.0 Å². The molecule has 2 N–H and O–H groups in total. The van der Waals surface area contributed by atoms with Crippen molar-refractivity contribution in [1.82, 2.24) is 4.98 Å². The molecule has 0 aliphatic carbocycles. The van der Waals surface area contributed by atoms with Crippen molar-refractivity contribution in [2.24, 2.45) is 0 Å². The van der Waals surface area contributed by atoms with Gasteiger partial charge in [0.1, 0.15) is 0 Å². The highest BCUT2D eigenvalue weighted by atomic mass is 16.1. The Morgan fingerprint density at radius 3 is 2.83 bits per heavy atom. The molecule has 0 aliphatic heterocycles. The maximum absolute atomic E-state index is 11.5. The van der Waals surface area contributed by atoms with Crippen molar-refractivity contribution < 1.29 is 4.79 Å². The molecule has 0 fully saturated rings. The van der Waals surface area contributed by atoms with Crippen LogP contribution >= 0.6 is 0 Å². The van der Waals surface area contributed by atoms with E-state index in [1.54, 1.807) is 12.1 Å². The van der Waals surface area contributed by atoms with Gasteiger partial charge in [0.15, 0.2) is 0 Å².